The first kappa shape index (κ1) is 26.0. The third-order valence-electron chi connectivity index (χ3n) is 4.59. The first-order chi connectivity index (χ1) is 16.6. The molecule has 0 unspecified atom stereocenters. The van der Waals surface area contributed by atoms with Crippen molar-refractivity contribution in [3.05, 3.63) is 84.6 Å². The van der Waals surface area contributed by atoms with Gasteiger partial charge in [-0.15, -0.1) is 0 Å². The maximum atomic E-state index is 13.3. The molecule has 186 valence electrons. The summed E-state index contributed by atoms with van der Waals surface area (Å²) in [6.07, 6.45) is 0. The third-order valence-corrected chi connectivity index (χ3v) is 5.03. The summed E-state index contributed by atoms with van der Waals surface area (Å²) in [5.74, 6) is -0.162. The summed E-state index contributed by atoms with van der Waals surface area (Å²) in [5.41, 5.74) is 10.2. The van der Waals surface area contributed by atoms with Gasteiger partial charge >= 0.3 is 18.0 Å². The zero-order valence-corrected chi connectivity index (χ0v) is 19.6. The number of alkyl halides is 2. The Kier molecular flexibility index (Phi) is 8.66. The van der Waals surface area contributed by atoms with Gasteiger partial charge in [-0.2, -0.15) is 13.8 Å². The number of nitrogens with one attached hydrogen (secondary N) is 1. The van der Waals surface area contributed by atoms with Crippen LogP contribution in [0.5, 0.6) is 5.75 Å². The first-order valence-corrected chi connectivity index (χ1v) is 10.9. The molecule has 0 aliphatic carbocycles. The minimum absolute atomic E-state index is 0.0147. The number of guanidine groups is 1. The van der Waals surface area contributed by atoms with E-state index >= 15 is 0 Å². The molecule has 0 bridgehead atoms. The second-order valence-electron chi connectivity index (χ2n) is 7.21. The second kappa shape index (κ2) is 11.7. The Morgan fingerprint density at radius 1 is 1.03 bits per heavy atom. The van der Waals surface area contributed by atoms with E-state index in [0.717, 1.165) is 4.57 Å². The summed E-state index contributed by atoms with van der Waals surface area (Å²) in [5, 5.41) is 3.56. The highest BCUT2D eigenvalue weighted by molar-refractivity contribution is 6.34. The van der Waals surface area contributed by atoms with Crippen molar-refractivity contribution in [2.45, 2.75) is 19.7 Å². The van der Waals surface area contributed by atoms with E-state index in [4.69, 9.17) is 34.7 Å². The van der Waals surface area contributed by atoms with E-state index in [9.17, 15) is 18.4 Å². The zero-order valence-electron chi connectivity index (χ0n) is 18.1. The van der Waals surface area contributed by atoms with Gasteiger partial charge in [0.25, 0.3) is 0 Å². The van der Waals surface area contributed by atoms with Crippen molar-refractivity contribution in [2.24, 2.45) is 16.5 Å². The van der Waals surface area contributed by atoms with E-state index in [1.54, 1.807) is 12.1 Å². The number of nitrogens with zero attached hydrogens (tertiary/aromatic N) is 4. The third kappa shape index (κ3) is 7.42. The van der Waals surface area contributed by atoms with Crippen LogP contribution in [0.25, 0.3) is 0 Å². The van der Waals surface area contributed by atoms with E-state index in [1.807, 2.05) is 0 Å². The molecule has 35 heavy (non-hydrogen) atoms. The fourth-order valence-electron chi connectivity index (χ4n) is 3.14. The molecule has 0 aliphatic rings. The molecule has 3 rings (SSSR count). The number of ether oxygens (including phenoxy) is 1. The van der Waals surface area contributed by atoms with Crippen LogP contribution in [-0.4, -0.2) is 39.8 Å². The number of rotatable bonds is 10. The molecule has 1 aromatic heterocycles. The number of hydrogen-bond acceptors (Lipinski definition) is 6. The number of halogens is 4. The predicted molar refractivity (Wildman–Crippen MR) is 130 cm³/mol. The number of nitrogens with two attached hydrogens (primary N) is 2. The Morgan fingerprint density at radius 2 is 1.66 bits per heavy atom. The average molecular weight is 528 g/mol. The SMILES string of the molecule is NC(N)=NCCNc1nc(=O)n(Cc2cc(Cl)cc(Cl)c2)c(=O)n1Cc1ccc(OC(F)F)cc1. The molecule has 0 saturated carbocycles. The Labute approximate surface area is 207 Å². The van der Waals surface area contributed by atoms with Gasteiger partial charge < -0.3 is 21.5 Å². The van der Waals surface area contributed by atoms with E-state index < -0.39 is 18.0 Å². The standard InChI is InChI=1S/C21H21Cl2F2N7O3/c22-14-7-13(8-15(23)9-14)11-32-20(33)30-19(29-6-5-28-18(26)27)31(21(32)34)10-12-1-3-16(4-2-12)35-17(24)25/h1-4,7-9,17H,5-6,10-11H2,(H4,26,27,28)(H,29,30,33). The number of anilines is 1. The minimum atomic E-state index is -2.96. The Morgan fingerprint density at radius 3 is 2.26 bits per heavy atom. The van der Waals surface area contributed by atoms with Crippen LogP contribution in [0.15, 0.2) is 57.0 Å². The molecule has 0 radical (unpaired) electrons. The van der Waals surface area contributed by atoms with Crippen LogP contribution in [0, 0.1) is 0 Å². The normalized spacial score (nSPS) is 10.9. The predicted octanol–water partition coefficient (Wildman–Crippen LogP) is 2.10. The highest BCUT2D eigenvalue weighted by atomic mass is 35.5. The van der Waals surface area contributed by atoms with Crippen molar-refractivity contribution >= 4 is 35.1 Å². The fourth-order valence-corrected chi connectivity index (χ4v) is 3.71. The summed E-state index contributed by atoms with van der Waals surface area (Å²) < 4.78 is 31.4. The van der Waals surface area contributed by atoms with E-state index in [1.165, 1.54) is 34.9 Å². The highest BCUT2D eigenvalue weighted by Gasteiger charge is 2.15. The van der Waals surface area contributed by atoms with Gasteiger partial charge in [-0.1, -0.05) is 35.3 Å². The van der Waals surface area contributed by atoms with Crippen molar-refractivity contribution in [1.82, 2.24) is 14.1 Å². The van der Waals surface area contributed by atoms with Gasteiger partial charge in [-0.05, 0) is 41.5 Å². The molecule has 10 nitrogen and oxygen atoms in total. The highest BCUT2D eigenvalue weighted by Crippen LogP contribution is 2.19. The molecule has 2 aromatic carbocycles. The van der Waals surface area contributed by atoms with Gasteiger partial charge in [0.2, 0.25) is 5.95 Å². The molecular formula is C21H21Cl2F2N7O3. The largest absolute Gasteiger partial charge is 0.435 e. The molecule has 14 heteroatoms. The fraction of sp³-hybridized carbons (Fsp3) is 0.238. The van der Waals surface area contributed by atoms with Crippen molar-refractivity contribution in [3.8, 4) is 5.75 Å². The number of aliphatic imine (C=N–C) groups is 1. The molecule has 0 spiro atoms. The molecule has 3 aromatic rings. The summed E-state index contributed by atoms with van der Waals surface area (Å²) in [4.78, 5) is 33.9. The lowest BCUT2D eigenvalue weighted by atomic mass is 10.2. The van der Waals surface area contributed by atoms with Gasteiger partial charge in [0.05, 0.1) is 19.6 Å². The Balaban J connectivity index is 1.97. The Bertz CT molecular complexity index is 1300. The zero-order chi connectivity index (χ0) is 25.5. The lowest BCUT2D eigenvalue weighted by Gasteiger charge is -2.16. The van der Waals surface area contributed by atoms with Crippen molar-refractivity contribution < 1.29 is 13.5 Å². The average Bonchev–Trinajstić information content (AvgIpc) is 2.76. The minimum Gasteiger partial charge on any atom is -0.435 e. The quantitative estimate of drug-likeness (QED) is 0.208. The van der Waals surface area contributed by atoms with E-state index in [0.29, 0.717) is 21.2 Å². The van der Waals surface area contributed by atoms with Gasteiger partial charge in [0.15, 0.2) is 5.96 Å². The van der Waals surface area contributed by atoms with Crippen LogP contribution in [0.4, 0.5) is 14.7 Å². The van der Waals surface area contributed by atoms with Crippen molar-refractivity contribution in [3.63, 3.8) is 0 Å². The molecule has 0 fully saturated rings. The van der Waals surface area contributed by atoms with Crippen LogP contribution in [0.3, 0.4) is 0 Å². The topological polar surface area (TPSA) is 143 Å². The second-order valence-corrected chi connectivity index (χ2v) is 8.08. The maximum Gasteiger partial charge on any atom is 0.387 e. The summed E-state index contributed by atoms with van der Waals surface area (Å²) >= 11 is 12.1. The maximum absolute atomic E-state index is 13.3. The molecule has 0 saturated heterocycles. The van der Waals surface area contributed by atoms with Crippen molar-refractivity contribution in [1.29, 1.82) is 0 Å². The van der Waals surface area contributed by atoms with Crippen LogP contribution < -0.4 is 32.9 Å². The van der Waals surface area contributed by atoms with Crippen molar-refractivity contribution in [2.75, 3.05) is 18.4 Å². The molecule has 0 amide bonds. The Hall–Kier alpha value is -3.64. The molecule has 0 aliphatic heterocycles. The first-order valence-electron chi connectivity index (χ1n) is 10.1. The molecular weight excluding hydrogens is 507 g/mol. The van der Waals surface area contributed by atoms with Gasteiger partial charge in [0, 0.05) is 16.6 Å². The van der Waals surface area contributed by atoms with E-state index in [2.05, 4.69) is 20.0 Å². The molecule has 0 atom stereocenters. The summed E-state index contributed by atoms with van der Waals surface area (Å²) in [6, 6.07) is 10.4. The lowest BCUT2D eigenvalue weighted by Crippen LogP contribution is -2.43. The van der Waals surface area contributed by atoms with Gasteiger partial charge in [-0.3, -0.25) is 9.56 Å². The van der Waals surface area contributed by atoms with Crippen LogP contribution in [0.1, 0.15) is 11.1 Å². The molecule has 5 N–H and O–H groups in total. The number of benzene rings is 2. The lowest BCUT2D eigenvalue weighted by molar-refractivity contribution is -0.0498. The van der Waals surface area contributed by atoms with Gasteiger partial charge in [-0.25, -0.2) is 14.2 Å². The van der Waals surface area contributed by atoms with Crippen LogP contribution >= 0.6 is 23.2 Å². The van der Waals surface area contributed by atoms with E-state index in [-0.39, 0.29) is 43.8 Å². The number of aromatic nitrogens is 3. The summed E-state index contributed by atoms with van der Waals surface area (Å²) in [7, 11) is 0. The smallest absolute Gasteiger partial charge is 0.387 e. The number of hydrogen-bond donors (Lipinski definition) is 3. The van der Waals surface area contributed by atoms with Crippen LogP contribution in [0.2, 0.25) is 10.0 Å². The monoisotopic (exact) mass is 527 g/mol. The summed E-state index contributed by atoms with van der Waals surface area (Å²) in [6.45, 7) is -2.76. The van der Waals surface area contributed by atoms with Crippen LogP contribution in [-0.2, 0) is 13.1 Å². The molecule has 1 heterocycles. The van der Waals surface area contributed by atoms with Gasteiger partial charge in [0.1, 0.15) is 5.75 Å².